The molecule has 0 amide bonds. The van der Waals surface area contributed by atoms with Crippen LogP contribution in [0.15, 0.2) is 30.5 Å². The van der Waals surface area contributed by atoms with Crippen molar-refractivity contribution in [1.82, 2.24) is 9.97 Å². The fourth-order valence-electron chi connectivity index (χ4n) is 1.48. The Morgan fingerprint density at radius 2 is 2.00 bits per heavy atom. The predicted octanol–water partition coefficient (Wildman–Crippen LogP) is 2.34. The third kappa shape index (κ3) is 3.09. The van der Waals surface area contributed by atoms with E-state index in [1.54, 1.807) is 6.20 Å². The van der Waals surface area contributed by atoms with Crippen LogP contribution in [0.1, 0.15) is 11.1 Å². The molecule has 94 valence electrons. The first-order chi connectivity index (χ1) is 8.69. The van der Waals surface area contributed by atoms with Gasteiger partial charge in [0.25, 0.3) is 0 Å². The lowest BCUT2D eigenvalue weighted by Crippen LogP contribution is -2.12. The number of nitrogen functional groups attached to an aromatic ring is 1. The maximum atomic E-state index is 5.83. The minimum absolute atomic E-state index is 0.388. The van der Waals surface area contributed by atoms with Gasteiger partial charge in [-0.3, -0.25) is 5.43 Å². The average molecular weight is 264 g/mol. The zero-order valence-corrected chi connectivity index (χ0v) is 10.7. The van der Waals surface area contributed by atoms with Crippen LogP contribution < -0.4 is 16.6 Å². The van der Waals surface area contributed by atoms with Gasteiger partial charge in [-0.05, 0) is 24.6 Å². The highest BCUT2D eigenvalue weighted by molar-refractivity contribution is 6.30. The van der Waals surface area contributed by atoms with Crippen molar-refractivity contribution in [3.05, 3.63) is 46.6 Å². The van der Waals surface area contributed by atoms with Gasteiger partial charge in [-0.25, -0.2) is 10.8 Å². The van der Waals surface area contributed by atoms with Crippen LogP contribution in [0, 0.1) is 6.92 Å². The van der Waals surface area contributed by atoms with Crippen LogP contribution in [0.4, 0.5) is 11.8 Å². The van der Waals surface area contributed by atoms with E-state index >= 15 is 0 Å². The normalized spacial score (nSPS) is 10.2. The summed E-state index contributed by atoms with van der Waals surface area (Å²) in [7, 11) is 0. The van der Waals surface area contributed by atoms with Gasteiger partial charge >= 0.3 is 0 Å². The monoisotopic (exact) mass is 263 g/mol. The summed E-state index contributed by atoms with van der Waals surface area (Å²) in [6, 6.07) is 7.65. The summed E-state index contributed by atoms with van der Waals surface area (Å²) in [5, 5.41) is 3.96. The highest BCUT2D eigenvalue weighted by atomic mass is 35.5. The molecule has 0 aliphatic heterocycles. The Morgan fingerprint density at radius 3 is 2.67 bits per heavy atom. The molecule has 0 aliphatic carbocycles. The number of nitrogens with two attached hydrogens (primary N) is 1. The SMILES string of the molecule is Cc1cnc(NN)nc1NCc1ccc(Cl)cc1. The van der Waals surface area contributed by atoms with Gasteiger partial charge < -0.3 is 5.32 Å². The molecule has 4 N–H and O–H groups in total. The number of hydrogen-bond donors (Lipinski definition) is 3. The first-order valence-electron chi connectivity index (χ1n) is 5.47. The largest absolute Gasteiger partial charge is 0.366 e. The second-order valence-corrected chi connectivity index (χ2v) is 4.29. The van der Waals surface area contributed by atoms with E-state index in [2.05, 4.69) is 20.7 Å². The standard InChI is InChI=1S/C12H14ClN5/c1-8-6-16-12(18-14)17-11(8)15-7-9-2-4-10(13)5-3-9/h2-6H,7,14H2,1H3,(H2,15,16,17,18). The van der Waals surface area contributed by atoms with Gasteiger partial charge in [-0.1, -0.05) is 23.7 Å². The maximum absolute atomic E-state index is 5.83. The Morgan fingerprint density at radius 1 is 1.28 bits per heavy atom. The third-order valence-electron chi connectivity index (χ3n) is 2.47. The number of rotatable bonds is 4. The highest BCUT2D eigenvalue weighted by Crippen LogP contribution is 2.14. The van der Waals surface area contributed by atoms with E-state index in [1.807, 2.05) is 31.2 Å². The van der Waals surface area contributed by atoms with E-state index in [0.717, 1.165) is 22.0 Å². The average Bonchev–Trinajstić information content (AvgIpc) is 2.40. The van der Waals surface area contributed by atoms with Crippen molar-refractivity contribution in [2.75, 3.05) is 10.7 Å². The second kappa shape index (κ2) is 5.66. The molecular formula is C12H14ClN5. The number of aromatic nitrogens is 2. The maximum Gasteiger partial charge on any atom is 0.239 e. The number of nitrogens with one attached hydrogen (secondary N) is 2. The molecule has 0 aliphatic rings. The Balaban J connectivity index is 2.07. The molecule has 0 fully saturated rings. The van der Waals surface area contributed by atoms with E-state index in [9.17, 15) is 0 Å². The Labute approximate surface area is 110 Å². The van der Waals surface area contributed by atoms with Crippen molar-refractivity contribution < 1.29 is 0 Å². The van der Waals surface area contributed by atoms with Crippen molar-refractivity contribution in [1.29, 1.82) is 0 Å². The number of halogens is 1. The zero-order chi connectivity index (χ0) is 13.0. The van der Waals surface area contributed by atoms with E-state index in [0.29, 0.717) is 12.5 Å². The van der Waals surface area contributed by atoms with E-state index in [1.165, 1.54) is 0 Å². The van der Waals surface area contributed by atoms with Gasteiger partial charge in [0.05, 0.1) is 0 Å². The van der Waals surface area contributed by atoms with Crippen molar-refractivity contribution in [2.24, 2.45) is 5.84 Å². The van der Waals surface area contributed by atoms with E-state index in [-0.39, 0.29) is 0 Å². The van der Waals surface area contributed by atoms with E-state index < -0.39 is 0 Å². The van der Waals surface area contributed by atoms with Gasteiger partial charge in [0, 0.05) is 23.3 Å². The fourth-order valence-corrected chi connectivity index (χ4v) is 1.60. The third-order valence-corrected chi connectivity index (χ3v) is 2.73. The molecule has 0 atom stereocenters. The van der Waals surface area contributed by atoms with Crippen LogP contribution in [0.5, 0.6) is 0 Å². The van der Waals surface area contributed by atoms with Crippen LogP contribution in [0.2, 0.25) is 5.02 Å². The number of benzene rings is 1. The lowest BCUT2D eigenvalue weighted by Gasteiger charge is -2.09. The lowest BCUT2D eigenvalue weighted by atomic mass is 10.2. The first kappa shape index (κ1) is 12.6. The number of anilines is 2. The Kier molecular flexibility index (Phi) is 3.96. The van der Waals surface area contributed by atoms with Crippen LogP contribution in [0.3, 0.4) is 0 Å². The second-order valence-electron chi connectivity index (χ2n) is 3.85. The summed E-state index contributed by atoms with van der Waals surface area (Å²) >= 11 is 5.83. The first-order valence-corrected chi connectivity index (χ1v) is 5.85. The minimum Gasteiger partial charge on any atom is -0.366 e. The Hall–Kier alpha value is -1.85. The molecular weight excluding hydrogens is 250 g/mol. The molecule has 6 heteroatoms. The van der Waals surface area contributed by atoms with Crippen LogP contribution in [-0.2, 0) is 6.54 Å². The molecule has 1 aromatic heterocycles. The van der Waals surface area contributed by atoms with Gasteiger partial charge in [-0.15, -0.1) is 0 Å². The lowest BCUT2D eigenvalue weighted by molar-refractivity contribution is 1.05. The molecule has 0 saturated heterocycles. The van der Waals surface area contributed by atoms with Crippen LogP contribution >= 0.6 is 11.6 Å². The summed E-state index contributed by atoms with van der Waals surface area (Å²) < 4.78 is 0. The molecule has 0 bridgehead atoms. The molecule has 18 heavy (non-hydrogen) atoms. The predicted molar refractivity (Wildman–Crippen MR) is 73.4 cm³/mol. The zero-order valence-electron chi connectivity index (χ0n) is 9.94. The topological polar surface area (TPSA) is 75.9 Å². The van der Waals surface area contributed by atoms with Gasteiger partial charge in [0.2, 0.25) is 5.95 Å². The van der Waals surface area contributed by atoms with E-state index in [4.69, 9.17) is 17.4 Å². The van der Waals surface area contributed by atoms with Crippen molar-refractivity contribution >= 4 is 23.4 Å². The van der Waals surface area contributed by atoms with Crippen LogP contribution in [0.25, 0.3) is 0 Å². The van der Waals surface area contributed by atoms with Crippen molar-refractivity contribution in [2.45, 2.75) is 13.5 Å². The molecule has 2 aromatic rings. The molecule has 1 aromatic carbocycles. The summed E-state index contributed by atoms with van der Waals surface area (Å²) in [6.45, 7) is 2.60. The van der Waals surface area contributed by atoms with Gasteiger partial charge in [-0.2, -0.15) is 4.98 Å². The van der Waals surface area contributed by atoms with Crippen molar-refractivity contribution in [3.8, 4) is 0 Å². The molecule has 0 saturated carbocycles. The molecule has 2 rings (SSSR count). The quantitative estimate of drug-likeness (QED) is 0.583. The molecule has 5 nitrogen and oxygen atoms in total. The Bertz CT molecular complexity index is 526. The van der Waals surface area contributed by atoms with Gasteiger partial charge in [0.1, 0.15) is 5.82 Å². The molecule has 0 spiro atoms. The highest BCUT2D eigenvalue weighted by Gasteiger charge is 2.02. The summed E-state index contributed by atoms with van der Waals surface area (Å²) in [6.07, 6.45) is 1.71. The summed E-state index contributed by atoms with van der Waals surface area (Å²) in [5.41, 5.74) is 4.51. The fraction of sp³-hybridized carbons (Fsp3) is 0.167. The smallest absolute Gasteiger partial charge is 0.239 e. The number of aryl methyl sites for hydroxylation is 1. The van der Waals surface area contributed by atoms with Crippen molar-refractivity contribution in [3.63, 3.8) is 0 Å². The molecule has 0 radical (unpaired) electrons. The molecule has 1 heterocycles. The minimum atomic E-state index is 0.388. The summed E-state index contributed by atoms with van der Waals surface area (Å²) in [4.78, 5) is 8.26. The van der Waals surface area contributed by atoms with Crippen LogP contribution in [-0.4, -0.2) is 9.97 Å². The molecule has 0 unspecified atom stereocenters. The number of nitrogens with zero attached hydrogens (tertiary/aromatic N) is 2. The summed E-state index contributed by atoms with van der Waals surface area (Å²) in [5.74, 6) is 6.42. The van der Waals surface area contributed by atoms with Gasteiger partial charge in [0.15, 0.2) is 0 Å². The number of hydrazine groups is 1. The number of hydrogen-bond acceptors (Lipinski definition) is 5.